The van der Waals surface area contributed by atoms with Gasteiger partial charge in [0.15, 0.2) is 0 Å². The van der Waals surface area contributed by atoms with Gasteiger partial charge in [0.25, 0.3) is 0 Å². The van der Waals surface area contributed by atoms with Gasteiger partial charge in [-0.3, -0.25) is 0 Å². The van der Waals surface area contributed by atoms with Crippen LogP contribution in [0.4, 0.5) is 0 Å². The van der Waals surface area contributed by atoms with E-state index in [1.165, 1.54) is 17.5 Å². The molecular weight excluding hydrogens is 216 g/mol. The minimum atomic E-state index is 0.172. The van der Waals surface area contributed by atoms with E-state index in [-0.39, 0.29) is 5.38 Å². The Morgan fingerprint density at radius 2 is 1.56 bits per heavy atom. The van der Waals surface area contributed by atoms with Crippen molar-refractivity contribution in [3.63, 3.8) is 0 Å². The van der Waals surface area contributed by atoms with Crippen LogP contribution in [0.3, 0.4) is 0 Å². The predicted octanol–water partition coefficient (Wildman–Crippen LogP) is 5.36. The van der Waals surface area contributed by atoms with Crippen LogP contribution in [0.15, 0.2) is 24.3 Å². The van der Waals surface area contributed by atoms with Crippen LogP contribution in [0.1, 0.15) is 56.5 Å². The van der Waals surface area contributed by atoms with Crippen LogP contribution in [0.2, 0.25) is 0 Å². The largest absolute Gasteiger partial charge is 0.118 e. The Hall–Kier alpha value is -0.490. The molecule has 0 aliphatic heterocycles. The fraction of sp³-hybridized carbons (Fsp3) is 0.600. The molecule has 1 unspecified atom stereocenters. The lowest BCUT2D eigenvalue weighted by molar-refractivity contribution is 0.476. The fourth-order valence-electron chi connectivity index (χ4n) is 2.13. The van der Waals surface area contributed by atoms with Gasteiger partial charge in [-0.1, -0.05) is 64.3 Å². The summed E-state index contributed by atoms with van der Waals surface area (Å²) in [5.41, 5.74) is 2.69. The van der Waals surface area contributed by atoms with Gasteiger partial charge in [0, 0.05) is 0 Å². The molecule has 0 heterocycles. The number of rotatable bonds is 6. The summed E-state index contributed by atoms with van der Waals surface area (Å²) in [5, 5.41) is 0.172. The zero-order valence-electron chi connectivity index (χ0n) is 10.7. The second-order valence-corrected chi connectivity index (χ2v) is 4.94. The third-order valence-electron chi connectivity index (χ3n) is 3.30. The molecule has 1 heteroatoms. The summed E-state index contributed by atoms with van der Waals surface area (Å²) >= 11 is 6.50. The molecule has 1 rings (SSSR count). The van der Waals surface area contributed by atoms with Crippen molar-refractivity contribution in [2.75, 3.05) is 0 Å². The van der Waals surface area contributed by atoms with E-state index < -0.39 is 0 Å². The zero-order chi connectivity index (χ0) is 12.0. The molecule has 90 valence electrons. The average Bonchev–Trinajstić information content (AvgIpc) is 2.32. The number of alkyl halides is 1. The zero-order valence-corrected chi connectivity index (χ0v) is 11.4. The van der Waals surface area contributed by atoms with E-state index in [0.717, 1.165) is 19.3 Å². The summed E-state index contributed by atoms with van der Waals surface area (Å²) in [5.74, 6) is 0.596. The van der Waals surface area contributed by atoms with E-state index in [4.69, 9.17) is 11.6 Å². The van der Waals surface area contributed by atoms with E-state index in [9.17, 15) is 0 Å². The molecule has 16 heavy (non-hydrogen) atoms. The molecule has 0 nitrogen and oxygen atoms in total. The van der Waals surface area contributed by atoms with Crippen LogP contribution in [-0.2, 0) is 6.42 Å². The number of benzene rings is 1. The van der Waals surface area contributed by atoms with E-state index in [1.54, 1.807) is 0 Å². The fourth-order valence-corrected chi connectivity index (χ4v) is 2.63. The molecule has 0 aliphatic carbocycles. The van der Waals surface area contributed by atoms with Crippen molar-refractivity contribution in [1.29, 1.82) is 0 Å². The molecular formula is C15H23Cl. The average molecular weight is 239 g/mol. The molecule has 0 aliphatic rings. The maximum Gasteiger partial charge on any atom is 0.0613 e. The molecule has 0 bridgehead atoms. The number of aryl methyl sites for hydroxylation is 1. The summed E-state index contributed by atoms with van der Waals surface area (Å²) in [4.78, 5) is 0. The van der Waals surface area contributed by atoms with Gasteiger partial charge < -0.3 is 0 Å². The second-order valence-electron chi connectivity index (χ2n) is 4.47. The highest BCUT2D eigenvalue weighted by molar-refractivity contribution is 6.21. The van der Waals surface area contributed by atoms with Gasteiger partial charge in [0.05, 0.1) is 5.38 Å². The number of hydrogen-bond donors (Lipinski definition) is 0. The van der Waals surface area contributed by atoms with Crippen molar-refractivity contribution in [3.8, 4) is 0 Å². The van der Waals surface area contributed by atoms with Crippen LogP contribution in [0.5, 0.6) is 0 Å². The third-order valence-corrected chi connectivity index (χ3v) is 3.91. The first-order valence-electron chi connectivity index (χ1n) is 6.45. The minimum Gasteiger partial charge on any atom is -0.118 e. The molecule has 0 fully saturated rings. The maximum absolute atomic E-state index is 6.50. The Bertz CT molecular complexity index is 285. The molecule has 0 radical (unpaired) electrons. The van der Waals surface area contributed by atoms with Crippen LogP contribution >= 0.6 is 11.6 Å². The van der Waals surface area contributed by atoms with E-state index in [0.29, 0.717) is 5.92 Å². The molecule has 0 saturated heterocycles. The summed E-state index contributed by atoms with van der Waals surface area (Å²) in [6.07, 6.45) is 4.68. The van der Waals surface area contributed by atoms with Gasteiger partial charge in [-0.15, -0.1) is 11.6 Å². The van der Waals surface area contributed by atoms with Gasteiger partial charge in [-0.2, -0.15) is 0 Å². The molecule has 0 amide bonds. The van der Waals surface area contributed by atoms with Crippen molar-refractivity contribution in [1.82, 2.24) is 0 Å². The van der Waals surface area contributed by atoms with Crippen LogP contribution < -0.4 is 0 Å². The molecule has 1 atom stereocenters. The SMILES string of the molecule is CCCc1ccc(C(Cl)C(CC)CC)cc1. The van der Waals surface area contributed by atoms with Gasteiger partial charge in [-0.25, -0.2) is 0 Å². The van der Waals surface area contributed by atoms with Crippen LogP contribution in [-0.4, -0.2) is 0 Å². The summed E-state index contributed by atoms with van der Waals surface area (Å²) in [6.45, 7) is 6.65. The molecule has 1 aromatic rings. The molecule has 1 aromatic carbocycles. The monoisotopic (exact) mass is 238 g/mol. The standard InChI is InChI=1S/C15H23Cl/c1-4-7-12-8-10-14(11-9-12)15(16)13(5-2)6-3/h8-11,13,15H,4-7H2,1-3H3. The first kappa shape index (κ1) is 13.6. The van der Waals surface area contributed by atoms with Gasteiger partial charge in [0.1, 0.15) is 0 Å². The quantitative estimate of drug-likeness (QED) is 0.586. The highest BCUT2D eigenvalue weighted by atomic mass is 35.5. The minimum absolute atomic E-state index is 0.172. The van der Waals surface area contributed by atoms with E-state index in [2.05, 4.69) is 45.0 Å². The molecule has 0 aromatic heterocycles. The first-order valence-corrected chi connectivity index (χ1v) is 6.89. The van der Waals surface area contributed by atoms with Crippen molar-refractivity contribution in [2.24, 2.45) is 5.92 Å². The lowest BCUT2D eigenvalue weighted by Gasteiger charge is -2.19. The van der Waals surface area contributed by atoms with Crippen LogP contribution in [0, 0.1) is 5.92 Å². The predicted molar refractivity (Wildman–Crippen MR) is 73.1 cm³/mol. The number of hydrogen-bond acceptors (Lipinski definition) is 0. The number of halogens is 1. The molecule has 0 N–H and O–H groups in total. The van der Waals surface area contributed by atoms with Gasteiger partial charge in [0.2, 0.25) is 0 Å². The topological polar surface area (TPSA) is 0 Å². The Balaban J connectivity index is 2.72. The van der Waals surface area contributed by atoms with Crippen LogP contribution in [0.25, 0.3) is 0 Å². The lowest BCUT2D eigenvalue weighted by atomic mass is 9.93. The van der Waals surface area contributed by atoms with Gasteiger partial charge >= 0.3 is 0 Å². The van der Waals surface area contributed by atoms with Crippen molar-refractivity contribution >= 4 is 11.6 Å². The highest BCUT2D eigenvalue weighted by Crippen LogP contribution is 2.33. The van der Waals surface area contributed by atoms with Gasteiger partial charge in [-0.05, 0) is 23.5 Å². The smallest absolute Gasteiger partial charge is 0.0613 e. The first-order chi connectivity index (χ1) is 7.72. The molecule has 0 saturated carbocycles. The third kappa shape index (κ3) is 3.52. The van der Waals surface area contributed by atoms with E-state index in [1.807, 2.05) is 0 Å². The van der Waals surface area contributed by atoms with Crippen molar-refractivity contribution in [2.45, 2.75) is 51.8 Å². The van der Waals surface area contributed by atoms with Crippen molar-refractivity contribution in [3.05, 3.63) is 35.4 Å². The van der Waals surface area contributed by atoms with E-state index >= 15 is 0 Å². The lowest BCUT2D eigenvalue weighted by Crippen LogP contribution is -2.05. The summed E-state index contributed by atoms with van der Waals surface area (Å²) < 4.78 is 0. The molecule has 0 spiro atoms. The Kier molecular flexibility index (Phi) is 5.90. The Morgan fingerprint density at radius 1 is 1.00 bits per heavy atom. The second kappa shape index (κ2) is 6.96. The maximum atomic E-state index is 6.50. The normalized spacial score (nSPS) is 13.1. The highest BCUT2D eigenvalue weighted by Gasteiger charge is 2.17. The Labute approximate surface area is 105 Å². The summed E-state index contributed by atoms with van der Waals surface area (Å²) in [6, 6.07) is 8.83. The summed E-state index contributed by atoms with van der Waals surface area (Å²) in [7, 11) is 0. The van der Waals surface area contributed by atoms with Crippen molar-refractivity contribution < 1.29 is 0 Å². The Morgan fingerprint density at radius 3 is 2.00 bits per heavy atom.